The van der Waals surface area contributed by atoms with E-state index in [1.165, 1.54) is 36.6 Å². The first-order valence-electron chi connectivity index (χ1n) is 24.8. The number of aromatic nitrogens is 2. The summed E-state index contributed by atoms with van der Waals surface area (Å²) in [6.45, 7) is 3.95. The highest BCUT2D eigenvalue weighted by Crippen LogP contribution is 2.42. The fourth-order valence-electron chi connectivity index (χ4n) is 11.2. The van der Waals surface area contributed by atoms with Gasteiger partial charge in [0, 0.05) is 106 Å². The van der Waals surface area contributed by atoms with Gasteiger partial charge in [-0.3, -0.25) is 19.3 Å². The van der Waals surface area contributed by atoms with Crippen molar-refractivity contribution in [3.05, 3.63) is 153 Å². The lowest BCUT2D eigenvalue weighted by molar-refractivity contribution is -0.521. The van der Waals surface area contributed by atoms with Crippen LogP contribution in [0.5, 0.6) is 11.5 Å². The number of rotatable bonds is 12. The van der Waals surface area contributed by atoms with E-state index in [1.54, 1.807) is 40.1 Å². The van der Waals surface area contributed by atoms with Crippen molar-refractivity contribution < 1.29 is 33.2 Å². The third-order valence-electron chi connectivity index (χ3n) is 15.5. The van der Waals surface area contributed by atoms with Crippen LogP contribution in [0.15, 0.2) is 91.0 Å². The molecule has 1 atom stereocenters. The molecule has 14 heteroatoms. The van der Waals surface area contributed by atoms with Gasteiger partial charge in [-0.15, -0.1) is 0 Å². The molecule has 1 N–H and O–H groups in total. The van der Waals surface area contributed by atoms with Gasteiger partial charge in [-0.25, -0.2) is 8.97 Å². The maximum Gasteiger partial charge on any atom is 0.264 e. The van der Waals surface area contributed by atoms with Crippen LogP contribution >= 0.6 is 0 Å². The van der Waals surface area contributed by atoms with E-state index in [4.69, 9.17) is 4.74 Å². The number of hydrogen-bond acceptors (Lipinski definition) is 7. The molecule has 6 aromatic rings. The molecule has 4 aromatic carbocycles. The van der Waals surface area contributed by atoms with Gasteiger partial charge in [-0.2, -0.15) is 5.26 Å². The number of halogens is 1. The summed E-state index contributed by atoms with van der Waals surface area (Å²) in [7, 11) is 5.83. The normalized spacial score (nSPS) is 17.3. The van der Waals surface area contributed by atoms with Crippen molar-refractivity contribution >= 4 is 35.3 Å². The van der Waals surface area contributed by atoms with Crippen LogP contribution in [0.3, 0.4) is 0 Å². The third kappa shape index (κ3) is 8.77. The standard InChI is InChI=1S/C57H57FN8O5/c1-60(41-11-12-41)22-23-71-46-17-10-38(50(58)29-46)27-55(68)64-21-18-37-25-47(48(26-40(37)33-64)56(69)65-34-39-9-5-4-8-36(39)24-44(65)35-63-19-6-7-20-63)51-30-49-52(62(51)3)31-53-54(28-43(32-59)61(53)2)66(57(49)70)42-13-15-45(67)16-14-42/h4-5,8-10,13-17,19,25-26,28-30,41,44H,6-7,11-12,18,20-24,27,31,33-35H2,1-3H3/p+1/t44-/m0/s1. The minimum absolute atomic E-state index is 0.0622. The minimum atomic E-state index is -0.481. The zero-order valence-corrected chi connectivity index (χ0v) is 40.5. The van der Waals surface area contributed by atoms with E-state index in [2.05, 4.69) is 53.1 Å². The number of amides is 3. The molecule has 0 unspecified atom stereocenters. The van der Waals surface area contributed by atoms with Gasteiger partial charge in [0.25, 0.3) is 11.8 Å². The van der Waals surface area contributed by atoms with Crippen LogP contribution in [0.2, 0.25) is 0 Å². The number of carbonyl (C=O) groups is 3. The lowest BCUT2D eigenvalue weighted by Crippen LogP contribution is -2.48. The topological polar surface area (TPSA) is 130 Å². The Hall–Kier alpha value is -7.50. The molecule has 362 valence electrons. The van der Waals surface area contributed by atoms with Crippen LogP contribution < -0.4 is 9.64 Å². The molecule has 4 aliphatic heterocycles. The van der Waals surface area contributed by atoms with Crippen LogP contribution in [0.4, 0.5) is 15.8 Å². The van der Waals surface area contributed by atoms with Gasteiger partial charge in [0.05, 0.1) is 23.7 Å². The second kappa shape index (κ2) is 18.7. The van der Waals surface area contributed by atoms with Crippen LogP contribution in [-0.2, 0) is 57.7 Å². The van der Waals surface area contributed by atoms with Crippen molar-refractivity contribution in [1.29, 1.82) is 5.26 Å². The van der Waals surface area contributed by atoms with Gasteiger partial charge in [-0.1, -0.05) is 30.3 Å². The Morgan fingerprint density at radius 1 is 0.915 bits per heavy atom. The maximum absolute atomic E-state index is 15.7. The lowest BCUT2D eigenvalue weighted by atomic mass is 9.89. The molecule has 0 saturated heterocycles. The van der Waals surface area contributed by atoms with Gasteiger partial charge in [0.15, 0.2) is 6.54 Å². The molecule has 2 aromatic heterocycles. The third-order valence-corrected chi connectivity index (χ3v) is 15.5. The maximum atomic E-state index is 15.7. The van der Waals surface area contributed by atoms with Crippen LogP contribution in [0, 0.1) is 17.1 Å². The number of carbonyl (C=O) groups excluding carboxylic acids is 3. The monoisotopic (exact) mass is 953 g/mol. The Morgan fingerprint density at radius 3 is 2.46 bits per heavy atom. The zero-order chi connectivity index (χ0) is 49.1. The number of hydrogen-bond donors (Lipinski definition) is 1. The second-order valence-corrected chi connectivity index (χ2v) is 19.9. The SMILES string of the molecule is CN(CCOc1ccc(CC(=O)N2CCc3cc(-c4cc5c(n4C)Cc4c(cc(C#N)n4C)N(c4ccc(O)cc4)C5=O)c(C(=O)N4Cc5ccccc5C[C@H]4C[N+]4=CCCC4)cc3C2)c(F)c1)C1CC1. The number of fused-ring (bicyclic) bond motifs is 4. The van der Waals surface area contributed by atoms with E-state index in [0.29, 0.717) is 102 Å². The number of anilines is 2. The van der Waals surface area contributed by atoms with Gasteiger partial charge in [-0.05, 0) is 115 Å². The fraction of sp³-hybridized carbons (Fsp3) is 0.351. The number of aromatic hydroxyl groups is 1. The first-order valence-corrected chi connectivity index (χ1v) is 24.8. The Labute approximate surface area is 413 Å². The van der Waals surface area contributed by atoms with Gasteiger partial charge in [0.1, 0.15) is 48.4 Å². The van der Waals surface area contributed by atoms with Crippen LogP contribution in [0.25, 0.3) is 11.3 Å². The molecule has 3 amide bonds. The highest BCUT2D eigenvalue weighted by molar-refractivity contribution is 6.14. The van der Waals surface area contributed by atoms with Crippen molar-refractivity contribution in [2.75, 3.05) is 44.7 Å². The summed E-state index contributed by atoms with van der Waals surface area (Å²) in [6.07, 6.45) is 8.18. The first-order chi connectivity index (χ1) is 34.4. The highest BCUT2D eigenvalue weighted by Gasteiger charge is 2.38. The van der Waals surface area contributed by atoms with E-state index < -0.39 is 5.82 Å². The van der Waals surface area contributed by atoms with Crippen molar-refractivity contribution in [3.63, 3.8) is 0 Å². The summed E-state index contributed by atoms with van der Waals surface area (Å²) in [6, 6.07) is 29.9. The minimum Gasteiger partial charge on any atom is -0.508 e. The van der Waals surface area contributed by atoms with Crippen molar-refractivity contribution in [2.24, 2.45) is 14.1 Å². The van der Waals surface area contributed by atoms with E-state index in [9.17, 15) is 15.2 Å². The number of nitrogens with zero attached hydrogens (tertiary/aromatic N) is 8. The molecule has 71 heavy (non-hydrogen) atoms. The summed E-state index contributed by atoms with van der Waals surface area (Å²) >= 11 is 0. The summed E-state index contributed by atoms with van der Waals surface area (Å²) < 4.78 is 27.6. The first kappa shape index (κ1) is 45.9. The van der Waals surface area contributed by atoms with E-state index >= 15 is 14.0 Å². The molecular formula is C57H58FN8O5+. The lowest BCUT2D eigenvalue weighted by Gasteiger charge is -2.36. The molecular weight excluding hydrogens is 896 g/mol. The zero-order valence-electron chi connectivity index (χ0n) is 40.5. The van der Waals surface area contributed by atoms with Crippen molar-refractivity contribution in [3.8, 4) is 28.8 Å². The van der Waals surface area contributed by atoms with Gasteiger partial charge < -0.3 is 33.7 Å². The van der Waals surface area contributed by atoms with E-state index in [0.717, 1.165) is 54.0 Å². The predicted octanol–water partition coefficient (Wildman–Crippen LogP) is 7.67. The number of benzene rings is 4. The Balaban J connectivity index is 0.957. The predicted molar refractivity (Wildman–Crippen MR) is 268 cm³/mol. The number of ether oxygens (including phenoxy) is 1. The van der Waals surface area contributed by atoms with E-state index in [-0.39, 0.29) is 42.5 Å². The fourth-order valence-corrected chi connectivity index (χ4v) is 11.2. The molecule has 13 nitrogen and oxygen atoms in total. The van der Waals surface area contributed by atoms with Gasteiger partial charge >= 0.3 is 0 Å². The van der Waals surface area contributed by atoms with E-state index in [1.807, 2.05) is 46.3 Å². The number of likely N-dealkylation sites (N-methyl/N-ethyl adjacent to an activating group) is 1. The molecule has 0 spiro atoms. The molecule has 1 aliphatic carbocycles. The van der Waals surface area contributed by atoms with Crippen LogP contribution in [0.1, 0.15) is 91.3 Å². The largest absolute Gasteiger partial charge is 0.508 e. The van der Waals surface area contributed by atoms with Crippen molar-refractivity contribution in [1.82, 2.24) is 23.8 Å². The smallest absolute Gasteiger partial charge is 0.264 e. The molecule has 6 heterocycles. The molecule has 0 radical (unpaired) electrons. The average molecular weight is 954 g/mol. The number of phenolic OH excluding ortho intramolecular Hbond substituents is 1. The Kier molecular flexibility index (Phi) is 12.1. The molecule has 11 rings (SSSR count). The van der Waals surface area contributed by atoms with Crippen LogP contribution in [-0.4, -0.2) is 109 Å². The summed E-state index contributed by atoms with van der Waals surface area (Å²) in [5.41, 5.74) is 9.82. The van der Waals surface area contributed by atoms with Gasteiger partial charge in [0.2, 0.25) is 5.91 Å². The molecule has 0 bridgehead atoms. The van der Waals surface area contributed by atoms with Crippen molar-refractivity contribution in [2.45, 2.75) is 76.5 Å². The quantitative estimate of drug-likeness (QED) is 0.125. The average Bonchev–Trinajstić information content (AvgIpc) is 3.93. The molecule has 1 fully saturated rings. The highest BCUT2D eigenvalue weighted by atomic mass is 19.1. The number of phenols is 1. The summed E-state index contributed by atoms with van der Waals surface area (Å²) in [4.78, 5) is 52.5. The molecule has 5 aliphatic rings. The summed E-state index contributed by atoms with van der Waals surface area (Å²) in [5, 5.41) is 20.3. The molecule has 1 saturated carbocycles. The number of nitriles is 1. The summed E-state index contributed by atoms with van der Waals surface area (Å²) in [5.74, 6) is -0.621. The second-order valence-electron chi connectivity index (χ2n) is 19.9. The Morgan fingerprint density at radius 2 is 1.72 bits per heavy atom. The Bertz CT molecular complexity index is 3200.